The van der Waals surface area contributed by atoms with E-state index in [2.05, 4.69) is 15.5 Å². The van der Waals surface area contributed by atoms with Crippen LogP contribution in [0.4, 0.5) is 5.69 Å². The smallest absolute Gasteiger partial charge is 0.224 e. The predicted molar refractivity (Wildman–Crippen MR) is 94.0 cm³/mol. The van der Waals surface area contributed by atoms with Crippen LogP contribution in [0.3, 0.4) is 0 Å². The molecular weight excluding hydrogens is 302 g/mol. The number of carbonyl (C=O) groups is 1. The average Bonchev–Trinajstić information content (AvgIpc) is 3.15. The highest BCUT2D eigenvalue weighted by Crippen LogP contribution is 2.31. The number of hydrogen-bond acceptors (Lipinski definition) is 3. The van der Waals surface area contributed by atoms with Crippen LogP contribution in [0.1, 0.15) is 12.0 Å². The summed E-state index contributed by atoms with van der Waals surface area (Å²) in [6, 6.07) is 15.6. The molecule has 0 bridgehead atoms. The minimum Gasteiger partial charge on any atom is -0.496 e. The molecule has 2 aromatic carbocycles. The topological polar surface area (TPSA) is 67.0 Å². The van der Waals surface area contributed by atoms with Gasteiger partial charge >= 0.3 is 0 Å². The largest absolute Gasteiger partial charge is 0.496 e. The molecule has 0 saturated carbocycles. The van der Waals surface area contributed by atoms with Crippen LogP contribution in [0, 0.1) is 0 Å². The van der Waals surface area contributed by atoms with Crippen molar-refractivity contribution in [2.75, 3.05) is 12.4 Å². The first-order chi connectivity index (χ1) is 11.8. The molecule has 0 spiro atoms. The van der Waals surface area contributed by atoms with Crippen molar-refractivity contribution in [1.29, 1.82) is 0 Å². The highest BCUT2D eigenvalue weighted by molar-refractivity contribution is 5.91. The molecule has 24 heavy (non-hydrogen) atoms. The van der Waals surface area contributed by atoms with E-state index in [1.165, 1.54) is 0 Å². The molecule has 1 amide bonds. The molecule has 3 aromatic rings. The first-order valence-electron chi connectivity index (χ1n) is 7.77. The maximum Gasteiger partial charge on any atom is 0.224 e. The number of carbonyl (C=O) groups excluding carboxylic acids is 1. The van der Waals surface area contributed by atoms with Crippen LogP contribution in [0.5, 0.6) is 5.75 Å². The number of nitrogens with zero attached hydrogens (tertiary/aromatic N) is 1. The molecule has 1 aromatic heterocycles. The molecule has 0 aliphatic rings. The molecule has 0 radical (unpaired) electrons. The number of H-pyrrole nitrogens is 1. The summed E-state index contributed by atoms with van der Waals surface area (Å²) in [5, 5.41) is 9.65. The van der Waals surface area contributed by atoms with Gasteiger partial charge in [0.05, 0.1) is 13.3 Å². The molecular formula is C19H19N3O2. The van der Waals surface area contributed by atoms with Gasteiger partial charge < -0.3 is 10.1 Å². The highest BCUT2D eigenvalue weighted by atomic mass is 16.5. The number of benzene rings is 2. The van der Waals surface area contributed by atoms with Crippen LogP contribution in [0.2, 0.25) is 0 Å². The quantitative estimate of drug-likeness (QED) is 0.728. The number of aromatic amines is 1. The van der Waals surface area contributed by atoms with Crippen LogP contribution in [-0.2, 0) is 11.2 Å². The van der Waals surface area contributed by atoms with Gasteiger partial charge in [0.15, 0.2) is 0 Å². The van der Waals surface area contributed by atoms with E-state index in [-0.39, 0.29) is 5.91 Å². The van der Waals surface area contributed by atoms with Gasteiger partial charge in [0, 0.05) is 35.5 Å². The summed E-state index contributed by atoms with van der Waals surface area (Å²) in [6.07, 6.45) is 4.69. The monoisotopic (exact) mass is 321 g/mol. The number of amides is 1. The van der Waals surface area contributed by atoms with Gasteiger partial charge in [0.25, 0.3) is 0 Å². The molecule has 5 nitrogen and oxygen atoms in total. The first kappa shape index (κ1) is 15.8. The van der Waals surface area contributed by atoms with E-state index in [4.69, 9.17) is 4.74 Å². The fourth-order valence-electron chi connectivity index (χ4n) is 2.53. The average molecular weight is 321 g/mol. The van der Waals surface area contributed by atoms with Crippen molar-refractivity contribution in [3.63, 3.8) is 0 Å². The molecule has 5 heteroatoms. The van der Waals surface area contributed by atoms with Crippen molar-refractivity contribution in [1.82, 2.24) is 10.2 Å². The van der Waals surface area contributed by atoms with Gasteiger partial charge in [-0.1, -0.05) is 30.3 Å². The van der Waals surface area contributed by atoms with Crippen molar-refractivity contribution in [2.24, 2.45) is 0 Å². The van der Waals surface area contributed by atoms with Crippen molar-refractivity contribution >= 4 is 11.6 Å². The number of ether oxygens (including phenoxy) is 1. The van der Waals surface area contributed by atoms with Gasteiger partial charge in [-0.15, -0.1) is 0 Å². The number of nitrogens with one attached hydrogen (secondary N) is 2. The third-order valence-corrected chi connectivity index (χ3v) is 3.78. The van der Waals surface area contributed by atoms with Gasteiger partial charge in [0.1, 0.15) is 5.75 Å². The van der Waals surface area contributed by atoms with Crippen LogP contribution in [-0.4, -0.2) is 23.2 Å². The first-order valence-corrected chi connectivity index (χ1v) is 7.77. The second kappa shape index (κ2) is 7.46. The number of aryl methyl sites for hydroxylation is 1. The van der Waals surface area contributed by atoms with Crippen LogP contribution >= 0.6 is 0 Å². The zero-order valence-electron chi connectivity index (χ0n) is 13.5. The molecule has 1 heterocycles. The maximum absolute atomic E-state index is 12.1. The lowest BCUT2D eigenvalue weighted by atomic mass is 10.1. The van der Waals surface area contributed by atoms with Crippen molar-refractivity contribution in [2.45, 2.75) is 12.8 Å². The van der Waals surface area contributed by atoms with E-state index in [0.717, 1.165) is 28.8 Å². The molecule has 2 N–H and O–H groups in total. The van der Waals surface area contributed by atoms with Gasteiger partial charge in [-0.2, -0.15) is 5.10 Å². The summed E-state index contributed by atoms with van der Waals surface area (Å²) in [7, 11) is 1.61. The Morgan fingerprint density at radius 1 is 1.21 bits per heavy atom. The summed E-state index contributed by atoms with van der Waals surface area (Å²) >= 11 is 0. The lowest BCUT2D eigenvalue weighted by Gasteiger charge is -2.11. The second-order valence-corrected chi connectivity index (χ2v) is 5.44. The second-order valence-electron chi connectivity index (χ2n) is 5.44. The van der Waals surface area contributed by atoms with E-state index >= 15 is 0 Å². The fourth-order valence-corrected chi connectivity index (χ4v) is 2.53. The molecule has 3 rings (SSSR count). The summed E-state index contributed by atoms with van der Waals surface area (Å²) in [6.45, 7) is 0. The molecule has 0 unspecified atom stereocenters. The van der Waals surface area contributed by atoms with E-state index < -0.39 is 0 Å². The highest BCUT2D eigenvalue weighted by Gasteiger charge is 2.10. The molecule has 0 fully saturated rings. The Kier molecular flexibility index (Phi) is 4.91. The number of methoxy groups -OCH3 is 1. The van der Waals surface area contributed by atoms with E-state index in [9.17, 15) is 4.79 Å². The van der Waals surface area contributed by atoms with Crippen molar-refractivity contribution < 1.29 is 9.53 Å². The third-order valence-electron chi connectivity index (χ3n) is 3.78. The van der Waals surface area contributed by atoms with Crippen LogP contribution < -0.4 is 10.1 Å². The molecule has 122 valence electrons. The van der Waals surface area contributed by atoms with E-state index in [1.807, 2.05) is 48.5 Å². The summed E-state index contributed by atoms with van der Waals surface area (Å²) in [5.74, 6) is 0.675. The Morgan fingerprint density at radius 2 is 2.04 bits per heavy atom. The minimum absolute atomic E-state index is 0.0167. The lowest BCUT2D eigenvalue weighted by molar-refractivity contribution is -0.116. The van der Waals surface area contributed by atoms with Crippen LogP contribution in [0.15, 0.2) is 60.9 Å². The van der Waals surface area contributed by atoms with Gasteiger partial charge in [-0.05, 0) is 24.1 Å². The number of hydrogen-bond donors (Lipinski definition) is 2. The van der Waals surface area contributed by atoms with E-state index in [0.29, 0.717) is 12.2 Å². The maximum atomic E-state index is 12.1. The lowest BCUT2D eigenvalue weighted by Crippen LogP contribution is -2.12. The molecule has 0 atom stereocenters. The Morgan fingerprint density at radius 3 is 2.75 bits per heavy atom. The van der Waals surface area contributed by atoms with Crippen molar-refractivity contribution in [3.8, 4) is 16.9 Å². The zero-order valence-corrected chi connectivity index (χ0v) is 13.5. The third kappa shape index (κ3) is 3.81. The standard InChI is InChI=1S/C19H19N3O2/c1-24-18-11-16(8-9-17(18)15-12-20-21-13-15)22-19(23)10-7-14-5-3-2-4-6-14/h2-6,8-9,11-13H,7,10H2,1H3,(H,20,21)(H,22,23). The van der Waals surface area contributed by atoms with E-state index in [1.54, 1.807) is 19.5 Å². The Bertz CT molecular complexity index is 799. The molecule has 0 saturated heterocycles. The number of aromatic nitrogens is 2. The zero-order chi connectivity index (χ0) is 16.8. The summed E-state index contributed by atoms with van der Waals surface area (Å²) in [5.41, 5.74) is 3.74. The summed E-state index contributed by atoms with van der Waals surface area (Å²) < 4.78 is 5.43. The number of rotatable bonds is 6. The Balaban J connectivity index is 1.65. The fraction of sp³-hybridized carbons (Fsp3) is 0.158. The Hall–Kier alpha value is -3.08. The minimum atomic E-state index is -0.0167. The normalized spacial score (nSPS) is 10.4. The Labute approximate surface area is 140 Å². The molecule has 0 aliphatic carbocycles. The molecule has 0 aliphatic heterocycles. The SMILES string of the molecule is COc1cc(NC(=O)CCc2ccccc2)ccc1-c1cn[nH]c1. The predicted octanol–water partition coefficient (Wildman–Crippen LogP) is 3.66. The summed E-state index contributed by atoms with van der Waals surface area (Å²) in [4.78, 5) is 12.1. The van der Waals surface area contributed by atoms with Gasteiger partial charge in [0.2, 0.25) is 5.91 Å². The van der Waals surface area contributed by atoms with Crippen LogP contribution in [0.25, 0.3) is 11.1 Å². The van der Waals surface area contributed by atoms with Gasteiger partial charge in [-0.25, -0.2) is 0 Å². The number of anilines is 1. The van der Waals surface area contributed by atoms with Crippen molar-refractivity contribution in [3.05, 3.63) is 66.5 Å². The van der Waals surface area contributed by atoms with Gasteiger partial charge in [-0.3, -0.25) is 9.89 Å².